The minimum atomic E-state index is -0.388. The lowest BCUT2D eigenvalue weighted by Gasteiger charge is -2.18. The zero-order valence-corrected chi connectivity index (χ0v) is 44.1. The molecule has 0 bridgehead atoms. The largest absolute Gasteiger partial charge is 0.463 e. The summed E-state index contributed by atoms with van der Waals surface area (Å²) in [6, 6.07) is 0. The van der Waals surface area contributed by atoms with E-state index in [1.54, 1.807) is 0 Å². The molecule has 64 heavy (non-hydrogen) atoms. The van der Waals surface area contributed by atoms with Gasteiger partial charge in [-0.1, -0.05) is 310 Å². The summed E-state index contributed by atoms with van der Waals surface area (Å²) in [5.74, 6) is -0.305. The second kappa shape index (κ2) is 56.2. The van der Waals surface area contributed by atoms with Crippen LogP contribution in [0.4, 0.5) is 0 Å². The summed E-state index contributed by atoms with van der Waals surface area (Å²) in [4.78, 5) is 25.3. The number of hydrogen-bond donors (Lipinski definition) is 0. The molecule has 0 aliphatic heterocycles. The van der Waals surface area contributed by atoms with E-state index in [1.165, 1.54) is 270 Å². The molecule has 5 heteroatoms. The molecule has 0 aliphatic carbocycles. The predicted octanol–water partition coefficient (Wildman–Crippen LogP) is 20.0. The minimum absolute atomic E-state index is 0.152. The summed E-state index contributed by atoms with van der Waals surface area (Å²) in [5, 5.41) is 0. The number of ether oxygens (including phenoxy) is 3. The maximum absolute atomic E-state index is 12.7. The van der Waals surface area contributed by atoms with Gasteiger partial charge in [-0.25, -0.2) is 0 Å². The lowest BCUT2D eigenvalue weighted by atomic mass is 10.0. The van der Waals surface area contributed by atoms with Gasteiger partial charge < -0.3 is 14.2 Å². The molecule has 0 radical (unpaired) electrons. The standard InChI is InChI=1S/C59H116O5/c1-4-7-10-13-16-19-22-25-27-29-30-31-32-35-38-41-44-47-50-53-59(61)64-56-57(55-63-58(60)52-49-46-43-40-37-34-24-21-18-15-12-9-6-3)62-54-51-48-45-42-39-36-33-28-26-23-20-17-14-11-8-5-2/h57H,4-56H2,1-3H3/t57-/m0/s1. The molecule has 0 unspecified atom stereocenters. The third-order valence-electron chi connectivity index (χ3n) is 13.7. The third-order valence-corrected chi connectivity index (χ3v) is 13.7. The molecule has 0 aromatic rings. The van der Waals surface area contributed by atoms with E-state index in [1.807, 2.05) is 0 Å². The number of carbonyl (C=O) groups excluding carboxylic acids is 2. The fraction of sp³-hybridized carbons (Fsp3) is 0.966. The van der Waals surface area contributed by atoms with Gasteiger partial charge in [0, 0.05) is 19.4 Å². The smallest absolute Gasteiger partial charge is 0.305 e. The molecular weight excluding hydrogens is 789 g/mol. The normalized spacial score (nSPS) is 12.0. The van der Waals surface area contributed by atoms with Gasteiger partial charge >= 0.3 is 11.9 Å². The zero-order valence-electron chi connectivity index (χ0n) is 44.1. The van der Waals surface area contributed by atoms with Gasteiger partial charge in [0.15, 0.2) is 0 Å². The average molecular weight is 906 g/mol. The van der Waals surface area contributed by atoms with E-state index < -0.39 is 0 Å². The van der Waals surface area contributed by atoms with Crippen LogP contribution in [0.15, 0.2) is 0 Å². The van der Waals surface area contributed by atoms with Crippen molar-refractivity contribution < 1.29 is 23.8 Å². The third kappa shape index (κ3) is 53.5. The molecule has 0 saturated heterocycles. The van der Waals surface area contributed by atoms with E-state index in [-0.39, 0.29) is 31.3 Å². The van der Waals surface area contributed by atoms with Crippen LogP contribution in [0.2, 0.25) is 0 Å². The van der Waals surface area contributed by atoms with Crippen LogP contribution in [0.25, 0.3) is 0 Å². The maximum atomic E-state index is 12.7. The summed E-state index contributed by atoms with van der Waals surface area (Å²) in [7, 11) is 0. The Morgan fingerprint density at radius 2 is 0.453 bits per heavy atom. The quantitative estimate of drug-likeness (QED) is 0.0449. The molecule has 0 aromatic heterocycles. The molecular formula is C59H116O5. The Labute approximate surface area is 402 Å². The topological polar surface area (TPSA) is 61.8 Å². The highest BCUT2D eigenvalue weighted by Crippen LogP contribution is 2.18. The first kappa shape index (κ1) is 62.9. The van der Waals surface area contributed by atoms with Gasteiger partial charge in [0.25, 0.3) is 0 Å². The predicted molar refractivity (Wildman–Crippen MR) is 280 cm³/mol. The lowest BCUT2D eigenvalue weighted by molar-refractivity contribution is -0.155. The Balaban J connectivity index is 4.15. The second-order valence-corrected chi connectivity index (χ2v) is 20.3. The summed E-state index contributed by atoms with van der Waals surface area (Å²) in [5.41, 5.74) is 0. The number of rotatable bonds is 56. The highest BCUT2D eigenvalue weighted by molar-refractivity contribution is 5.69. The van der Waals surface area contributed by atoms with Crippen molar-refractivity contribution in [2.75, 3.05) is 19.8 Å². The Morgan fingerprint density at radius 3 is 0.672 bits per heavy atom. The fourth-order valence-corrected chi connectivity index (χ4v) is 9.20. The van der Waals surface area contributed by atoms with Crippen LogP contribution >= 0.6 is 0 Å². The Morgan fingerprint density at radius 1 is 0.266 bits per heavy atom. The van der Waals surface area contributed by atoms with Crippen LogP contribution in [0.1, 0.15) is 342 Å². The van der Waals surface area contributed by atoms with Gasteiger partial charge in [-0.3, -0.25) is 9.59 Å². The molecule has 0 fully saturated rings. The van der Waals surface area contributed by atoms with E-state index >= 15 is 0 Å². The van der Waals surface area contributed by atoms with E-state index in [2.05, 4.69) is 20.8 Å². The molecule has 0 heterocycles. The molecule has 0 aliphatic rings. The van der Waals surface area contributed by atoms with Gasteiger partial charge in [-0.2, -0.15) is 0 Å². The summed E-state index contributed by atoms with van der Waals surface area (Å²) < 4.78 is 17.5. The van der Waals surface area contributed by atoms with Crippen molar-refractivity contribution in [1.29, 1.82) is 0 Å². The number of carbonyl (C=O) groups is 2. The van der Waals surface area contributed by atoms with Crippen LogP contribution in [-0.4, -0.2) is 37.9 Å². The average Bonchev–Trinajstić information content (AvgIpc) is 3.30. The molecule has 5 nitrogen and oxygen atoms in total. The van der Waals surface area contributed by atoms with Crippen molar-refractivity contribution in [2.45, 2.75) is 348 Å². The minimum Gasteiger partial charge on any atom is -0.463 e. The second-order valence-electron chi connectivity index (χ2n) is 20.3. The first-order valence-electron chi connectivity index (χ1n) is 29.6. The van der Waals surface area contributed by atoms with Gasteiger partial charge in [-0.15, -0.1) is 0 Å². The van der Waals surface area contributed by atoms with Crippen molar-refractivity contribution in [1.82, 2.24) is 0 Å². The van der Waals surface area contributed by atoms with Gasteiger partial charge in [0.1, 0.15) is 19.3 Å². The van der Waals surface area contributed by atoms with Crippen molar-refractivity contribution >= 4 is 11.9 Å². The molecule has 0 N–H and O–H groups in total. The van der Waals surface area contributed by atoms with Crippen LogP contribution in [0.3, 0.4) is 0 Å². The molecule has 0 aromatic carbocycles. The summed E-state index contributed by atoms with van der Waals surface area (Å²) >= 11 is 0. The van der Waals surface area contributed by atoms with Crippen molar-refractivity contribution in [3.63, 3.8) is 0 Å². The molecule has 0 spiro atoms. The van der Waals surface area contributed by atoms with Gasteiger partial charge in [-0.05, 0) is 19.3 Å². The SMILES string of the molecule is CCCCCCCCCCCCCCCCCCCCCC(=O)OC[C@H](COC(=O)CCCCCCCCCCCCCCC)OCCCCCCCCCCCCCCCCCC. The van der Waals surface area contributed by atoms with Crippen LogP contribution < -0.4 is 0 Å². The van der Waals surface area contributed by atoms with Crippen molar-refractivity contribution in [3.8, 4) is 0 Å². The van der Waals surface area contributed by atoms with E-state index in [0.717, 1.165) is 38.5 Å². The lowest BCUT2D eigenvalue weighted by Crippen LogP contribution is -2.29. The van der Waals surface area contributed by atoms with E-state index in [9.17, 15) is 9.59 Å². The molecule has 382 valence electrons. The number of hydrogen-bond acceptors (Lipinski definition) is 5. The van der Waals surface area contributed by atoms with Crippen molar-refractivity contribution in [2.24, 2.45) is 0 Å². The fourth-order valence-electron chi connectivity index (χ4n) is 9.20. The van der Waals surface area contributed by atoms with E-state index in [0.29, 0.717) is 19.4 Å². The van der Waals surface area contributed by atoms with Gasteiger partial charge in [0.05, 0.1) is 0 Å². The zero-order chi connectivity index (χ0) is 46.3. The first-order chi connectivity index (χ1) is 31.6. The number of unbranched alkanes of at least 4 members (excludes halogenated alkanes) is 45. The molecule has 0 amide bonds. The van der Waals surface area contributed by atoms with Crippen LogP contribution in [0.5, 0.6) is 0 Å². The Bertz CT molecular complexity index is 891. The monoisotopic (exact) mass is 905 g/mol. The number of esters is 2. The Hall–Kier alpha value is -1.10. The molecule has 0 rings (SSSR count). The first-order valence-corrected chi connectivity index (χ1v) is 29.6. The highest BCUT2D eigenvalue weighted by Gasteiger charge is 2.16. The highest BCUT2D eigenvalue weighted by atomic mass is 16.6. The molecule has 1 atom stereocenters. The Kier molecular flexibility index (Phi) is 55.3. The maximum Gasteiger partial charge on any atom is 0.305 e. The molecule has 0 saturated carbocycles. The van der Waals surface area contributed by atoms with Crippen molar-refractivity contribution in [3.05, 3.63) is 0 Å². The summed E-state index contributed by atoms with van der Waals surface area (Å²) in [6.07, 6.45) is 64.3. The van der Waals surface area contributed by atoms with E-state index in [4.69, 9.17) is 14.2 Å². The van der Waals surface area contributed by atoms with Gasteiger partial charge in [0.2, 0.25) is 0 Å². The van der Waals surface area contributed by atoms with Crippen LogP contribution in [-0.2, 0) is 23.8 Å². The van der Waals surface area contributed by atoms with Crippen LogP contribution in [0, 0.1) is 0 Å². The summed E-state index contributed by atoms with van der Waals surface area (Å²) in [6.45, 7) is 7.82.